The summed E-state index contributed by atoms with van der Waals surface area (Å²) in [6.07, 6.45) is 1.04. The summed E-state index contributed by atoms with van der Waals surface area (Å²) in [5, 5.41) is 5.95. The molecule has 0 radical (unpaired) electrons. The van der Waals surface area contributed by atoms with Crippen molar-refractivity contribution in [1.29, 1.82) is 0 Å². The number of hydrogen-bond acceptors (Lipinski definition) is 4. The minimum absolute atomic E-state index is 0.0312. The largest absolute Gasteiger partial charge is 0.492 e. The average molecular weight is 292 g/mol. The van der Waals surface area contributed by atoms with Gasteiger partial charge in [-0.1, -0.05) is 6.92 Å². The lowest BCUT2D eigenvalue weighted by atomic mass is 10.1. The summed E-state index contributed by atoms with van der Waals surface area (Å²) in [5.41, 5.74) is 1.81. The highest BCUT2D eigenvalue weighted by Crippen LogP contribution is 2.38. The number of carbonyl (C=O) groups excluding carboxylic acids is 1. The number of rotatable bonds is 6. The lowest BCUT2D eigenvalue weighted by Crippen LogP contribution is -2.28. The fourth-order valence-electron chi connectivity index (χ4n) is 2.47. The molecule has 1 aliphatic heterocycles. The number of fused-ring (bicyclic) bond motifs is 1. The SMILES string of the molecule is CCOc1cc2c(cc1NC(=O)C(C)CNC)OC(C)C2. The molecule has 0 fully saturated rings. The maximum absolute atomic E-state index is 12.2. The van der Waals surface area contributed by atoms with Gasteiger partial charge in [0.2, 0.25) is 5.91 Å². The van der Waals surface area contributed by atoms with E-state index in [4.69, 9.17) is 9.47 Å². The van der Waals surface area contributed by atoms with Crippen LogP contribution in [0.15, 0.2) is 12.1 Å². The molecule has 5 heteroatoms. The van der Waals surface area contributed by atoms with Gasteiger partial charge in [0.1, 0.15) is 17.6 Å². The molecule has 0 aliphatic carbocycles. The van der Waals surface area contributed by atoms with Gasteiger partial charge in [0.15, 0.2) is 0 Å². The van der Waals surface area contributed by atoms with Crippen molar-refractivity contribution in [1.82, 2.24) is 5.32 Å². The molecule has 21 heavy (non-hydrogen) atoms. The Balaban J connectivity index is 2.21. The Morgan fingerprint density at radius 3 is 2.95 bits per heavy atom. The summed E-state index contributed by atoms with van der Waals surface area (Å²) in [5.74, 6) is 1.40. The molecular formula is C16H24N2O3. The third-order valence-corrected chi connectivity index (χ3v) is 3.51. The Morgan fingerprint density at radius 1 is 1.52 bits per heavy atom. The fraction of sp³-hybridized carbons (Fsp3) is 0.562. The molecule has 1 aliphatic rings. The van der Waals surface area contributed by atoms with Gasteiger partial charge in [0, 0.05) is 30.5 Å². The van der Waals surface area contributed by atoms with Crippen molar-refractivity contribution >= 4 is 11.6 Å². The second-order valence-corrected chi connectivity index (χ2v) is 5.47. The van der Waals surface area contributed by atoms with E-state index < -0.39 is 0 Å². The van der Waals surface area contributed by atoms with Crippen LogP contribution in [0.3, 0.4) is 0 Å². The first kappa shape index (κ1) is 15.6. The highest BCUT2D eigenvalue weighted by molar-refractivity contribution is 5.94. The van der Waals surface area contributed by atoms with Crippen LogP contribution in [0.5, 0.6) is 11.5 Å². The summed E-state index contributed by atoms with van der Waals surface area (Å²) >= 11 is 0. The number of ether oxygens (including phenoxy) is 2. The zero-order valence-electron chi connectivity index (χ0n) is 13.2. The normalized spacial score (nSPS) is 17.8. The van der Waals surface area contributed by atoms with Gasteiger partial charge in [-0.2, -0.15) is 0 Å². The Labute approximate surface area is 126 Å². The van der Waals surface area contributed by atoms with E-state index in [-0.39, 0.29) is 17.9 Å². The zero-order chi connectivity index (χ0) is 15.4. The van der Waals surface area contributed by atoms with Gasteiger partial charge < -0.3 is 20.1 Å². The van der Waals surface area contributed by atoms with Gasteiger partial charge in [-0.15, -0.1) is 0 Å². The van der Waals surface area contributed by atoms with Crippen molar-refractivity contribution in [2.45, 2.75) is 33.3 Å². The molecule has 0 aromatic heterocycles. The molecule has 5 nitrogen and oxygen atoms in total. The molecule has 2 unspecified atom stereocenters. The van der Waals surface area contributed by atoms with Gasteiger partial charge in [-0.05, 0) is 27.0 Å². The third kappa shape index (κ3) is 3.67. The van der Waals surface area contributed by atoms with E-state index in [2.05, 4.69) is 10.6 Å². The Kier molecular flexibility index (Phi) is 5.07. The lowest BCUT2D eigenvalue weighted by molar-refractivity contribution is -0.119. The molecule has 2 atom stereocenters. The van der Waals surface area contributed by atoms with Crippen LogP contribution in [0.25, 0.3) is 0 Å². The summed E-state index contributed by atoms with van der Waals surface area (Å²) in [7, 11) is 1.83. The molecule has 1 heterocycles. The summed E-state index contributed by atoms with van der Waals surface area (Å²) in [6, 6.07) is 3.84. The number of nitrogens with one attached hydrogen (secondary N) is 2. The Bertz CT molecular complexity index is 516. The first-order valence-electron chi connectivity index (χ1n) is 7.47. The predicted molar refractivity (Wildman–Crippen MR) is 83.1 cm³/mol. The van der Waals surface area contributed by atoms with Crippen molar-refractivity contribution in [3.63, 3.8) is 0 Å². The highest BCUT2D eigenvalue weighted by atomic mass is 16.5. The number of hydrogen-bond donors (Lipinski definition) is 2. The maximum Gasteiger partial charge on any atom is 0.228 e. The first-order valence-corrected chi connectivity index (χ1v) is 7.47. The van der Waals surface area contributed by atoms with Crippen LogP contribution >= 0.6 is 0 Å². The average Bonchev–Trinajstić information content (AvgIpc) is 2.78. The van der Waals surface area contributed by atoms with Gasteiger partial charge in [0.25, 0.3) is 0 Å². The minimum Gasteiger partial charge on any atom is -0.492 e. The van der Waals surface area contributed by atoms with Crippen LogP contribution in [-0.2, 0) is 11.2 Å². The topological polar surface area (TPSA) is 59.6 Å². The zero-order valence-corrected chi connectivity index (χ0v) is 13.2. The van der Waals surface area contributed by atoms with E-state index in [1.54, 1.807) is 0 Å². The number of carbonyl (C=O) groups is 1. The van der Waals surface area contributed by atoms with E-state index in [1.165, 1.54) is 0 Å². The Hall–Kier alpha value is -1.75. The monoisotopic (exact) mass is 292 g/mol. The Morgan fingerprint density at radius 2 is 2.29 bits per heavy atom. The van der Waals surface area contributed by atoms with Gasteiger partial charge in [-0.25, -0.2) is 0 Å². The number of anilines is 1. The number of benzene rings is 1. The van der Waals surface area contributed by atoms with Crippen molar-refractivity contribution in [2.75, 3.05) is 25.5 Å². The standard InChI is InChI=1S/C16H24N2O3/c1-5-20-15-7-12-6-11(3)21-14(12)8-13(15)18-16(19)10(2)9-17-4/h7-8,10-11,17H,5-6,9H2,1-4H3,(H,18,19). The maximum atomic E-state index is 12.2. The van der Waals surface area contributed by atoms with Crippen LogP contribution in [0, 0.1) is 5.92 Å². The van der Waals surface area contributed by atoms with Crippen molar-refractivity contribution in [3.8, 4) is 11.5 Å². The van der Waals surface area contributed by atoms with Crippen LogP contribution < -0.4 is 20.1 Å². The molecule has 2 N–H and O–H groups in total. The van der Waals surface area contributed by atoms with Crippen molar-refractivity contribution in [3.05, 3.63) is 17.7 Å². The molecule has 0 spiro atoms. The fourth-order valence-corrected chi connectivity index (χ4v) is 2.47. The molecule has 1 aromatic rings. The molecule has 0 saturated carbocycles. The summed E-state index contributed by atoms with van der Waals surface area (Å²) < 4.78 is 11.4. The van der Waals surface area contributed by atoms with Crippen LogP contribution in [0.1, 0.15) is 26.3 Å². The second kappa shape index (κ2) is 6.80. The first-order chi connectivity index (χ1) is 10.0. The van der Waals surface area contributed by atoms with Gasteiger partial charge >= 0.3 is 0 Å². The molecule has 2 rings (SSSR count). The van der Waals surface area contributed by atoms with Crippen LogP contribution in [0.2, 0.25) is 0 Å². The minimum atomic E-state index is -0.113. The van der Waals surface area contributed by atoms with E-state index in [9.17, 15) is 4.79 Å². The molecule has 116 valence electrons. The van der Waals surface area contributed by atoms with Crippen molar-refractivity contribution < 1.29 is 14.3 Å². The molecule has 0 bridgehead atoms. The van der Waals surface area contributed by atoms with Gasteiger partial charge in [0.05, 0.1) is 12.3 Å². The van der Waals surface area contributed by atoms with E-state index in [0.29, 0.717) is 24.6 Å². The van der Waals surface area contributed by atoms with Gasteiger partial charge in [-0.3, -0.25) is 4.79 Å². The summed E-state index contributed by atoms with van der Waals surface area (Å²) in [4.78, 5) is 12.2. The van der Waals surface area contributed by atoms with Crippen LogP contribution in [0.4, 0.5) is 5.69 Å². The molecule has 1 amide bonds. The number of amides is 1. The van der Waals surface area contributed by atoms with Crippen LogP contribution in [-0.4, -0.2) is 32.2 Å². The van der Waals surface area contributed by atoms with E-state index >= 15 is 0 Å². The quantitative estimate of drug-likeness (QED) is 0.844. The second-order valence-electron chi connectivity index (χ2n) is 5.47. The highest BCUT2D eigenvalue weighted by Gasteiger charge is 2.23. The predicted octanol–water partition coefficient (Wildman–Crippen LogP) is 2.20. The van der Waals surface area contributed by atoms with E-state index in [1.807, 2.05) is 40.0 Å². The third-order valence-electron chi connectivity index (χ3n) is 3.51. The molecule has 0 saturated heterocycles. The molecular weight excluding hydrogens is 268 g/mol. The van der Waals surface area contributed by atoms with Crippen molar-refractivity contribution in [2.24, 2.45) is 5.92 Å². The van der Waals surface area contributed by atoms with E-state index in [0.717, 1.165) is 17.7 Å². The smallest absolute Gasteiger partial charge is 0.228 e. The molecule has 1 aromatic carbocycles. The lowest BCUT2D eigenvalue weighted by Gasteiger charge is -2.16. The summed E-state index contributed by atoms with van der Waals surface area (Å²) in [6.45, 7) is 7.05.